The maximum atomic E-state index is 11.3. The number of amides is 1. The van der Waals surface area contributed by atoms with E-state index in [1.54, 1.807) is 12.3 Å². The quantitative estimate of drug-likeness (QED) is 0.815. The van der Waals surface area contributed by atoms with Crippen LogP contribution in [0.3, 0.4) is 0 Å². The maximum absolute atomic E-state index is 11.3. The van der Waals surface area contributed by atoms with E-state index in [4.69, 9.17) is 0 Å². The molecule has 0 aliphatic heterocycles. The highest BCUT2D eigenvalue weighted by molar-refractivity contribution is 5.92. The van der Waals surface area contributed by atoms with Crippen LogP contribution in [0, 0.1) is 6.92 Å². The second-order valence-electron chi connectivity index (χ2n) is 3.44. The fourth-order valence-corrected chi connectivity index (χ4v) is 1.05. The lowest BCUT2D eigenvalue weighted by molar-refractivity contribution is -0.121. The number of rotatable bonds is 4. The van der Waals surface area contributed by atoms with E-state index in [9.17, 15) is 9.59 Å². The van der Waals surface area contributed by atoms with Crippen LogP contribution in [0.4, 0.5) is 5.69 Å². The first-order valence-electron chi connectivity index (χ1n) is 4.80. The molecular weight excluding hydrogens is 192 g/mol. The number of carbonyl (C=O) groups is 2. The number of nitrogens with zero attached hydrogens (tertiary/aromatic N) is 1. The average Bonchev–Trinajstić information content (AvgIpc) is 2.19. The van der Waals surface area contributed by atoms with Crippen LogP contribution in [-0.4, -0.2) is 16.7 Å². The maximum Gasteiger partial charge on any atom is 0.224 e. The molecule has 1 rings (SSSR count). The third-order valence-corrected chi connectivity index (χ3v) is 1.90. The van der Waals surface area contributed by atoms with E-state index < -0.39 is 0 Å². The summed E-state index contributed by atoms with van der Waals surface area (Å²) in [6.45, 7) is 3.35. The van der Waals surface area contributed by atoms with Crippen molar-refractivity contribution < 1.29 is 9.59 Å². The highest BCUT2D eigenvalue weighted by Gasteiger charge is 2.03. The van der Waals surface area contributed by atoms with E-state index in [0.29, 0.717) is 5.69 Å². The van der Waals surface area contributed by atoms with Crippen LogP contribution in [0.25, 0.3) is 0 Å². The van der Waals surface area contributed by atoms with E-state index in [2.05, 4.69) is 10.3 Å². The summed E-state index contributed by atoms with van der Waals surface area (Å²) < 4.78 is 0. The monoisotopic (exact) mass is 206 g/mol. The molecule has 80 valence electrons. The molecule has 1 heterocycles. The summed E-state index contributed by atoms with van der Waals surface area (Å²) in [6.07, 6.45) is 2.11. The minimum atomic E-state index is -0.157. The number of aryl methyl sites for hydroxylation is 1. The van der Waals surface area contributed by atoms with Crippen molar-refractivity contribution in [2.45, 2.75) is 26.7 Å². The number of aromatic nitrogens is 1. The number of anilines is 1. The second kappa shape index (κ2) is 5.24. The molecule has 0 spiro atoms. The molecule has 0 aromatic carbocycles. The summed E-state index contributed by atoms with van der Waals surface area (Å²) >= 11 is 0. The summed E-state index contributed by atoms with van der Waals surface area (Å²) in [7, 11) is 0. The van der Waals surface area contributed by atoms with Crippen LogP contribution in [-0.2, 0) is 9.59 Å². The first-order valence-corrected chi connectivity index (χ1v) is 4.80. The Balaban J connectivity index is 2.44. The predicted molar refractivity (Wildman–Crippen MR) is 57.5 cm³/mol. The summed E-state index contributed by atoms with van der Waals surface area (Å²) in [5.74, 6) is -0.136. The number of hydrogen-bond donors (Lipinski definition) is 1. The third kappa shape index (κ3) is 4.35. The van der Waals surface area contributed by atoms with Gasteiger partial charge in [-0.1, -0.05) is 0 Å². The fourth-order valence-electron chi connectivity index (χ4n) is 1.05. The Morgan fingerprint density at radius 3 is 2.60 bits per heavy atom. The summed E-state index contributed by atoms with van der Waals surface area (Å²) in [4.78, 5) is 26.0. The zero-order valence-electron chi connectivity index (χ0n) is 8.91. The van der Waals surface area contributed by atoms with E-state index >= 15 is 0 Å². The topological polar surface area (TPSA) is 59.1 Å². The Kier molecular flexibility index (Phi) is 3.97. The van der Waals surface area contributed by atoms with Gasteiger partial charge < -0.3 is 10.1 Å². The van der Waals surface area contributed by atoms with Crippen molar-refractivity contribution >= 4 is 17.4 Å². The molecule has 0 aliphatic rings. The molecule has 1 aromatic rings. The van der Waals surface area contributed by atoms with E-state index in [1.807, 2.05) is 13.0 Å². The molecule has 0 saturated heterocycles. The van der Waals surface area contributed by atoms with Gasteiger partial charge >= 0.3 is 0 Å². The minimum Gasteiger partial charge on any atom is -0.325 e. The van der Waals surface area contributed by atoms with Gasteiger partial charge in [-0.05, 0) is 26.0 Å². The molecule has 15 heavy (non-hydrogen) atoms. The first-order chi connectivity index (χ1) is 7.08. The molecule has 0 bridgehead atoms. The summed E-state index contributed by atoms with van der Waals surface area (Å²) in [5.41, 5.74) is 1.56. The van der Waals surface area contributed by atoms with Gasteiger partial charge in [-0.3, -0.25) is 9.78 Å². The van der Waals surface area contributed by atoms with Crippen LogP contribution < -0.4 is 5.32 Å². The lowest BCUT2D eigenvalue weighted by Gasteiger charge is -2.03. The number of pyridine rings is 1. The molecule has 0 aliphatic carbocycles. The molecular formula is C11H14N2O2. The molecule has 1 amide bonds. The summed E-state index contributed by atoms with van der Waals surface area (Å²) in [6, 6.07) is 3.61. The van der Waals surface area contributed by atoms with Gasteiger partial charge in [-0.15, -0.1) is 0 Å². The van der Waals surface area contributed by atoms with Gasteiger partial charge in [-0.2, -0.15) is 0 Å². The van der Waals surface area contributed by atoms with Gasteiger partial charge in [0.25, 0.3) is 0 Å². The molecule has 0 saturated carbocycles. The van der Waals surface area contributed by atoms with Gasteiger partial charge in [0.1, 0.15) is 5.78 Å². The van der Waals surface area contributed by atoms with Crippen LogP contribution in [0.1, 0.15) is 25.5 Å². The Labute approximate surface area is 88.7 Å². The molecule has 0 fully saturated rings. The molecule has 4 heteroatoms. The minimum absolute atomic E-state index is 0.0205. The SMILES string of the molecule is CC(=O)CCC(=O)Nc1ccc(C)nc1. The molecule has 1 aromatic heterocycles. The Bertz CT molecular complexity index is 357. The average molecular weight is 206 g/mol. The zero-order valence-corrected chi connectivity index (χ0v) is 8.91. The van der Waals surface area contributed by atoms with Crippen LogP contribution in [0.15, 0.2) is 18.3 Å². The third-order valence-electron chi connectivity index (χ3n) is 1.90. The Morgan fingerprint density at radius 1 is 1.33 bits per heavy atom. The number of ketones is 1. The highest BCUT2D eigenvalue weighted by atomic mass is 16.2. The van der Waals surface area contributed by atoms with Crippen molar-refractivity contribution in [1.82, 2.24) is 4.98 Å². The van der Waals surface area contributed by atoms with E-state index in [1.165, 1.54) is 6.92 Å². The van der Waals surface area contributed by atoms with Crippen LogP contribution >= 0.6 is 0 Å². The van der Waals surface area contributed by atoms with Gasteiger partial charge in [0, 0.05) is 18.5 Å². The number of hydrogen-bond acceptors (Lipinski definition) is 3. The number of Topliss-reactive ketones (excluding diaryl/α,β-unsaturated/α-hetero) is 1. The lowest BCUT2D eigenvalue weighted by atomic mass is 10.2. The van der Waals surface area contributed by atoms with Gasteiger partial charge in [0.15, 0.2) is 0 Å². The Hall–Kier alpha value is -1.71. The fraction of sp³-hybridized carbons (Fsp3) is 0.364. The standard InChI is InChI=1S/C11H14N2O2/c1-8-3-5-10(7-12-8)13-11(15)6-4-9(2)14/h3,5,7H,4,6H2,1-2H3,(H,13,15). The molecule has 0 unspecified atom stereocenters. The molecule has 0 atom stereocenters. The second-order valence-corrected chi connectivity index (χ2v) is 3.44. The lowest BCUT2D eigenvalue weighted by Crippen LogP contribution is -2.12. The largest absolute Gasteiger partial charge is 0.325 e. The first kappa shape index (κ1) is 11.4. The van der Waals surface area contributed by atoms with Gasteiger partial charge in [0.05, 0.1) is 11.9 Å². The van der Waals surface area contributed by atoms with Crippen molar-refractivity contribution in [2.24, 2.45) is 0 Å². The van der Waals surface area contributed by atoms with Crippen molar-refractivity contribution in [3.63, 3.8) is 0 Å². The van der Waals surface area contributed by atoms with Crippen molar-refractivity contribution in [1.29, 1.82) is 0 Å². The normalized spacial score (nSPS) is 9.73. The predicted octanol–water partition coefficient (Wildman–Crippen LogP) is 1.70. The van der Waals surface area contributed by atoms with Gasteiger partial charge in [0.2, 0.25) is 5.91 Å². The summed E-state index contributed by atoms with van der Waals surface area (Å²) in [5, 5.41) is 2.67. The van der Waals surface area contributed by atoms with Crippen LogP contribution in [0.5, 0.6) is 0 Å². The van der Waals surface area contributed by atoms with E-state index in [0.717, 1.165) is 5.69 Å². The number of carbonyl (C=O) groups excluding carboxylic acids is 2. The molecule has 4 nitrogen and oxygen atoms in total. The zero-order chi connectivity index (χ0) is 11.3. The molecule has 0 radical (unpaired) electrons. The Morgan fingerprint density at radius 2 is 2.07 bits per heavy atom. The van der Waals surface area contributed by atoms with Crippen molar-refractivity contribution in [3.8, 4) is 0 Å². The van der Waals surface area contributed by atoms with E-state index in [-0.39, 0.29) is 24.5 Å². The van der Waals surface area contributed by atoms with Crippen molar-refractivity contribution in [2.75, 3.05) is 5.32 Å². The van der Waals surface area contributed by atoms with Crippen molar-refractivity contribution in [3.05, 3.63) is 24.0 Å². The smallest absolute Gasteiger partial charge is 0.224 e. The molecule has 1 N–H and O–H groups in total. The van der Waals surface area contributed by atoms with Crippen LogP contribution in [0.2, 0.25) is 0 Å². The number of nitrogens with one attached hydrogen (secondary N) is 1. The van der Waals surface area contributed by atoms with Gasteiger partial charge in [-0.25, -0.2) is 0 Å². The highest BCUT2D eigenvalue weighted by Crippen LogP contribution is 2.06.